The second kappa shape index (κ2) is 7.25. The number of carbonyl (C=O) groups excluding carboxylic acids is 2. The van der Waals surface area contributed by atoms with Crippen LogP contribution in [0.5, 0.6) is 0 Å². The van der Waals surface area contributed by atoms with Crippen LogP contribution in [-0.4, -0.2) is 24.8 Å². The highest BCUT2D eigenvalue weighted by atomic mass is 16.5. The highest BCUT2D eigenvalue weighted by Crippen LogP contribution is 2.37. The number of hydrogen-bond acceptors (Lipinski definition) is 3. The highest BCUT2D eigenvalue weighted by molar-refractivity contribution is 6.23. The summed E-state index contributed by atoms with van der Waals surface area (Å²) in [6.07, 6.45) is 6.87. The molecule has 3 heteroatoms. The molecular formula is C22H28O3. The number of ketones is 2. The van der Waals surface area contributed by atoms with Crippen LogP contribution in [0.4, 0.5) is 0 Å². The van der Waals surface area contributed by atoms with Gasteiger partial charge in [0.15, 0.2) is 11.6 Å². The summed E-state index contributed by atoms with van der Waals surface area (Å²) in [5.74, 6) is -0.120. The lowest BCUT2D eigenvalue weighted by Gasteiger charge is -2.25. The fourth-order valence-corrected chi connectivity index (χ4v) is 4.56. The Hall–Kier alpha value is -1.74. The fourth-order valence-electron chi connectivity index (χ4n) is 4.56. The summed E-state index contributed by atoms with van der Waals surface area (Å²) in [6, 6.07) is 4.13. The standard InChI is InChI=1S/C22H28O3/c1-13-9-14(2)20(15(3)10-13)21-19(23)12-17(22(21)24)11-16-5-7-18(25-4)8-6-16/h9-11,16,18,21H,5-8,12H2,1-4H3. The Morgan fingerprint density at radius 3 is 2.16 bits per heavy atom. The molecule has 1 aromatic rings. The summed E-state index contributed by atoms with van der Waals surface area (Å²) in [5, 5.41) is 0. The smallest absolute Gasteiger partial charge is 0.173 e. The second-order valence-corrected chi connectivity index (χ2v) is 7.72. The van der Waals surface area contributed by atoms with Crippen LogP contribution in [0.1, 0.15) is 60.3 Å². The molecule has 2 saturated carbocycles. The highest BCUT2D eigenvalue weighted by Gasteiger charge is 2.40. The van der Waals surface area contributed by atoms with Crippen LogP contribution in [0.2, 0.25) is 0 Å². The monoisotopic (exact) mass is 340 g/mol. The van der Waals surface area contributed by atoms with Gasteiger partial charge in [-0.2, -0.15) is 0 Å². The Labute approximate surface area is 150 Å². The van der Waals surface area contributed by atoms with Crippen molar-refractivity contribution in [2.24, 2.45) is 5.92 Å². The minimum atomic E-state index is -0.595. The SMILES string of the molecule is COC1CCC(C=C2CC(=O)C(c3c(C)cc(C)cc3C)C2=O)CC1. The number of aryl methyl sites for hydroxylation is 3. The van der Waals surface area contributed by atoms with Crippen molar-refractivity contribution >= 4 is 11.6 Å². The van der Waals surface area contributed by atoms with Crippen molar-refractivity contribution < 1.29 is 14.3 Å². The molecule has 2 fully saturated rings. The van der Waals surface area contributed by atoms with E-state index in [2.05, 4.69) is 18.2 Å². The lowest BCUT2D eigenvalue weighted by Crippen LogP contribution is -2.20. The molecule has 1 atom stereocenters. The van der Waals surface area contributed by atoms with Gasteiger partial charge in [0.2, 0.25) is 0 Å². The first-order valence-corrected chi connectivity index (χ1v) is 9.29. The Morgan fingerprint density at radius 2 is 1.60 bits per heavy atom. The van der Waals surface area contributed by atoms with E-state index in [4.69, 9.17) is 4.74 Å². The van der Waals surface area contributed by atoms with E-state index < -0.39 is 5.92 Å². The first-order valence-electron chi connectivity index (χ1n) is 9.29. The Morgan fingerprint density at radius 1 is 1.00 bits per heavy atom. The van der Waals surface area contributed by atoms with Gasteiger partial charge in [-0.05, 0) is 74.6 Å². The predicted octanol–water partition coefficient (Wildman–Crippen LogP) is 4.37. The van der Waals surface area contributed by atoms with Crippen molar-refractivity contribution in [3.05, 3.63) is 46.0 Å². The van der Waals surface area contributed by atoms with Gasteiger partial charge in [0, 0.05) is 13.5 Å². The number of carbonyl (C=O) groups is 2. The van der Waals surface area contributed by atoms with Crippen molar-refractivity contribution in [2.45, 2.75) is 64.9 Å². The van der Waals surface area contributed by atoms with Crippen molar-refractivity contribution in [3.63, 3.8) is 0 Å². The normalized spacial score (nSPS) is 28.8. The number of allylic oxidation sites excluding steroid dienone is 2. The molecular weight excluding hydrogens is 312 g/mol. The van der Waals surface area contributed by atoms with E-state index in [-0.39, 0.29) is 11.6 Å². The first kappa shape index (κ1) is 18.1. The zero-order valence-electron chi connectivity index (χ0n) is 15.7. The molecule has 3 rings (SSSR count). The summed E-state index contributed by atoms with van der Waals surface area (Å²) in [5.41, 5.74) is 4.92. The molecule has 25 heavy (non-hydrogen) atoms. The van der Waals surface area contributed by atoms with E-state index in [1.165, 1.54) is 5.56 Å². The van der Waals surface area contributed by atoms with Crippen molar-refractivity contribution in [1.82, 2.24) is 0 Å². The molecule has 3 nitrogen and oxygen atoms in total. The average molecular weight is 340 g/mol. The molecule has 2 aliphatic carbocycles. The van der Waals surface area contributed by atoms with Gasteiger partial charge in [0.05, 0.1) is 6.10 Å². The van der Waals surface area contributed by atoms with E-state index in [1.807, 2.05) is 20.8 Å². The molecule has 1 unspecified atom stereocenters. The maximum atomic E-state index is 13.0. The van der Waals surface area contributed by atoms with E-state index in [1.54, 1.807) is 7.11 Å². The third kappa shape index (κ3) is 3.62. The number of Topliss-reactive ketones (excluding diaryl/α,β-unsaturated/α-hetero) is 2. The van der Waals surface area contributed by atoms with Crippen molar-refractivity contribution in [3.8, 4) is 0 Å². The number of ether oxygens (including phenoxy) is 1. The molecule has 0 aliphatic heterocycles. The summed E-state index contributed by atoms with van der Waals surface area (Å²) in [4.78, 5) is 25.6. The first-order chi connectivity index (χ1) is 11.9. The largest absolute Gasteiger partial charge is 0.381 e. The third-order valence-corrected chi connectivity index (χ3v) is 5.78. The lowest BCUT2D eigenvalue weighted by molar-refractivity contribution is -0.123. The molecule has 0 bridgehead atoms. The summed E-state index contributed by atoms with van der Waals surface area (Å²) in [7, 11) is 1.76. The van der Waals surface area contributed by atoms with Gasteiger partial charge in [-0.3, -0.25) is 9.59 Å². The lowest BCUT2D eigenvalue weighted by atomic mass is 9.84. The predicted molar refractivity (Wildman–Crippen MR) is 98.9 cm³/mol. The fraction of sp³-hybridized carbons (Fsp3) is 0.545. The molecule has 0 amide bonds. The Bertz CT molecular complexity index is 698. The summed E-state index contributed by atoms with van der Waals surface area (Å²) < 4.78 is 5.42. The van der Waals surface area contributed by atoms with Gasteiger partial charge >= 0.3 is 0 Å². The second-order valence-electron chi connectivity index (χ2n) is 7.72. The van der Waals surface area contributed by atoms with Crippen molar-refractivity contribution in [2.75, 3.05) is 7.11 Å². The van der Waals surface area contributed by atoms with E-state index in [9.17, 15) is 9.59 Å². The quantitative estimate of drug-likeness (QED) is 0.606. The van der Waals surface area contributed by atoms with E-state index in [0.29, 0.717) is 18.4 Å². The maximum Gasteiger partial charge on any atom is 0.173 e. The van der Waals surface area contributed by atoms with Gasteiger partial charge < -0.3 is 4.74 Å². The molecule has 0 radical (unpaired) electrons. The maximum absolute atomic E-state index is 13.0. The van der Waals surface area contributed by atoms with Gasteiger partial charge in [-0.1, -0.05) is 23.8 Å². The molecule has 0 N–H and O–H groups in total. The zero-order valence-corrected chi connectivity index (χ0v) is 15.7. The van der Waals surface area contributed by atoms with Gasteiger partial charge in [0.1, 0.15) is 5.92 Å². The number of hydrogen-bond donors (Lipinski definition) is 0. The topological polar surface area (TPSA) is 43.4 Å². The van der Waals surface area contributed by atoms with Gasteiger partial charge in [0.25, 0.3) is 0 Å². The van der Waals surface area contributed by atoms with Crippen LogP contribution in [0.25, 0.3) is 0 Å². The molecule has 2 aliphatic rings. The van der Waals surface area contributed by atoms with Crippen LogP contribution in [0.3, 0.4) is 0 Å². The molecule has 0 heterocycles. The van der Waals surface area contributed by atoms with Crippen LogP contribution in [0, 0.1) is 26.7 Å². The van der Waals surface area contributed by atoms with Crippen LogP contribution >= 0.6 is 0 Å². The number of methoxy groups -OCH3 is 1. The Balaban J connectivity index is 1.83. The summed E-state index contributed by atoms with van der Waals surface area (Å²) in [6.45, 7) is 6.05. The minimum absolute atomic E-state index is 0.0221. The zero-order chi connectivity index (χ0) is 18.1. The Kier molecular flexibility index (Phi) is 5.24. The number of benzene rings is 1. The summed E-state index contributed by atoms with van der Waals surface area (Å²) >= 11 is 0. The third-order valence-electron chi connectivity index (χ3n) is 5.78. The van der Waals surface area contributed by atoms with Gasteiger partial charge in [-0.25, -0.2) is 0 Å². The minimum Gasteiger partial charge on any atom is -0.381 e. The van der Waals surface area contributed by atoms with E-state index >= 15 is 0 Å². The molecule has 0 aromatic heterocycles. The van der Waals surface area contributed by atoms with Crippen LogP contribution < -0.4 is 0 Å². The average Bonchev–Trinajstić information content (AvgIpc) is 2.82. The van der Waals surface area contributed by atoms with Crippen molar-refractivity contribution in [1.29, 1.82) is 0 Å². The van der Waals surface area contributed by atoms with Crippen LogP contribution in [-0.2, 0) is 14.3 Å². The van der Waals surface area contributed by atoms with Crippen LogP contribution in [0.15, 0.2) is 23.8 Å². The number of rotatable bonds is 3. The molecule has 0 saturated heterocycles. The molecule has 0 spiro atoms. The van der Waals surface area contributed by atoms with Gasteiger partial charge in [-0.15, -0.1) is 0 Å². The molecule has 134 valence electrons. The molecule has 1 aromatic carbocycles. The van der Waals surface area contributed by atoms with E-state index in [0.717, 1.165) is 47.9 Å².